The third-order valence-electron chi connectivity index (χ3n) is 5.01. The van der Waals surface area contributed by atoms with Gasteiger partial charge in [-0.2, -0.15) is 0 Å². The van der Waals surface area contributed by atoms with E-state index in [1.165, 1.54) is 0 Å². The van der Waals surface area contributed by atoms with Gasteiger partial charge in [-0.3, -0.25) is 9.59 Å². The summed E-state index contributed by atoms with van der Waals surface area (Å²) in [6.07, 6.45) is 1.14. The van der Waals surface area contributed by atoms with E-state index in [-0.39, 0.29) is 22.9 Å². The van der Waals surface area contributed by atoms with Crippen LogP contribution < -0.4 is 4.74 Å². The van der Waals surface area contributed by atoms with Gasteiger partial charge in [0.1, 0.15) is 22.1 Å². The van der Waals surface area contributed by atoms with Crippen LogP contribution in [0.2, 0.25) is 0 Å². The minimum Gasteiger partial charge on any atom is -0.506 e. The summed E-state index contributed by atoms with van der Waals surface area (Å²) in [6, 6.07) is 11.3. The molecule has 0 bridgehead atoms. The van der Waals surface area contributed by atoms with E-state index in [1.807, 2.05) is 37.3 Å². The zero-order valence-corrected chi connectivity index (χ0v) is 16.4. The van der Waals surface area contributed by atoms with Gasteiger partial charge in [-0.25, -0.2) is 4.98 Å². The molecule has 1 aliphatic rings. The lowest BCUT2D eigenvalue weighted by Gasteiger charge is -2.15. The van der Waals surface area contributed by atoms with Crippen molar-refractivity contribution in [1.29, 1.82) is 0 Å². The average molecular weight is 393 g/mol. The fraction of sp³-hybridized carbons (Fsp3) is 0.227. The number of hydrogen-bond donors (Lipinski definition) is 1. The smallest absolute Gasteiger partial charge is 0.170 e. The molecule has 1 saturated carbocycles. The number of aromatic nitrogens is 1. The molecule has 0 saturated heterocycles. The third kappa shape index (κ3) is 3.10. The number of aliphatic hydroxyl groups is 1. The standard InChI is InChI=1S/C22H19NO4S/c1-12-15(21(26)19-16(24)4-3-5-17(19)25)10-11-18-20(12)23-22(28-18)13-6-8-14(27-2)9-7-13/h6-11,26H,3-5H2,1-2H3. The van der Waals surface area contributed by atoms with Crippen molar-refractivity contribution in [3.05, 3.63) is 53.1 Å². The van der Waals surface area contributed by atoms with Crippen molar-refractivity contribution in [2.75, 3.05) is 7.11 Å². The lowest BCUT2D eigenvalue weighted by Crippen LogP contribution is -2.20. The second-order valence-corrected chi connectivity index (χ2v) is 7.79. The predicted molar refractivity (Wildman–Crippen MR) is 110 cm³/mol. The highest BCUT2D eigenvalue weighted by atomic mass is 32.1. The van der Waals surface area contributed by atoms with Crippen LogP contribution in [0.3, 0.4) is 0 Å². The Morgan fingerprint density at radius 2 is 1.75 bits per heavy atom. The Morgan fingerprint density at radius 1 is 1.07 bits per heavy atom. The molecule has 6 heteroatoms. The highest BCUT2D eigenvalue weighted by molar-refractivity contribution is 7.21. The molecule has 1 N–H and O–H groups in total. The first kappa shape index (κ1) is 18.4. The average Bonchev–Trinajstić information content (AvgIpc) is 3.13. The normalized spacial score (nSPS) is 14.6. The van der Waals surface area contributed by atoms with Crippen molar-refractivity contribution in [3.8, 4) is 16.3 Å². The number of rotatable bonds is 3. The Bertz CT molecular complexity index is 1110. The number of aliphatic hydroxyl groups excluding tert-OH is 1. The van der Waals surface area contributed by atoms with Crippen molar-refractivity contribution in [1.82, 2.24) is 4.98 Å². The summed E-state index contributed by atoms with van der Waals surface area (Å²) in [7, 11) is 1.63. The van der Waals surface area contributed by atoms with Crippen molar-refractivity contribution < 1.29 is 19.4 Å². The number of carbonyl (C=O) groups excluding carboxylic acids is 2. The number of carbonyl (C=O) groups is 2. The van der Waals surface area contributed by atoms with Crippen LogP contribution in [-0.2, 0) is 9.59 Å². The number of nitrogens with zero attached hydrogens (tertiary/aromatic N) is 1. The molecule has 1 aliphatic carbocycles. The first-order chi connectivity index (χ1) is 13.5. The molecule has 3 aromatic rings. The summed E-state index contributed by atoms with van der Waals surface area (Å²) >= 11 is 1.55. The van der Waals surface area contributed by atoms with Crippen molar-refractivity contribution in [2.24, 2.45) is 0 Å². The minimum atomic E-state index is -0.287. The number of Topliss-reactive ketones (excluding diaryl/α,β-unsaturated/α-hetero) is 2. The molecule has 0 aliphatic heterocycles. The monoisotopic (exact) mass is 393 g/mol. The van der Waals surface area contributed by atoms with E-state index in [4.69, 9.17) is 9.72 Å². The van der Waals surface area contributed by atoms with E-state index in [9.17, 15) is 14.7 Å². The summed E-state index contributed by atoms with van der Waals surface area (Å²) in [6.45, 7) is 1.85. The molecule has 1 heterocycles. The maximum atomic E-state index is 12.2. The van der Waals surface area contributed by atoms with Crippen LogP contribution >= 0.6 is 11.3 Å². The van der Waals surface area contributed by atoms with E-state index in [2.05, 4.69) is 0 Å². The van der Waals surface area contributed by atoms with Gasteiger partial charge in [-0.1, -0.05) is 0 Å². The number of benzene rings is 2. The van der Waals surface area contributed by atoms with Gasteiger partial charge in [-0.05, 0) is 55.3 Å². The molecule has 0 unspecified atom stereocenters. The number of aryl methyl sites for hydroxylation is 1. The SMILES string of the molecule is COc1ccc(-c2nc3c(C)c(C(O)=C4C(=O)CCCC4=O)ccc3s2)cc1. The van der Waals surface area contributed by atoms with Gasteiger partial charge < -0.3 is 9.84 Å². The second-order valence-electron chi connectivity index (χ2n) is 6.76. The Kier molecular flexibility index (Phi) is 4.73. The van der Waals surface area contributed by atoms with Crippen LogP contribution in [0.5, 0.6) is 5.75 Å². The number of hydrogen-bond acceptors (Lipinski definition) is 6. The topological polar surface area (TPSA) is 76.5 Å². The second kappa shape index (κ2) is 7.20. The number of allylic oxidation sites excluding steroid dienone is 1. The highest BCUT2D eigenvalue weighted by Crippen LogP contribution is 2.36. The van der Waals surface area contributed by atoms with E-state index in [0.29, 0.717) is 24.8 Å². The first-order valence-corrected chi connectivity index (χ1v) is 9.86. The van der Waals surface area contributed by atoms with E-state index in [0.717, 1.165) is 32.1 Å². The molecular formula is C22H19NO4S. The molecule has 28 heavy (non-hydrogen) atoms. The van der Waals surface area contributed by atoms with Crippen molar-refractivity contribution in [3.63, 3.8) is 0 Å². The van der Waals surface area contributed by atoms with Crippen LogP contribution in [0, 0.1) is 6.92 Å². The summed E-state index contributed by atoms with van der Waals surface area (Å²) in [5, 5.41) is 11.6. The van der Waals surface area contributed by atoms with Crippen LogP contribution in [0.4, 0.5) is 0 Å². The largest absolute Gasteiger partial charge is 0.506 e. The summed E-state index contributed by atoms with van der Waals surface area (Å²) in [5.41, 5.74) is 2.90. The van der Waals surface area contributed by atoms with Crippen LogP contribution in [0.1, 0.15) is 30.4 Å². The van der Waals surface area contributed by atoms with Gasteiger partial charge >= 0.3 is 0 Å². The van der Waals surface area contributed by atoms with Crippen molar-refractivity contribution >= 4 is 38.9 Å². The lowest BCUT2D eigenvalue weighted by molar-refractivity contribution is -0.123. The lowest BCUT2D eigenvalue weighted by atomic mass is 9.89. The van der Waals surface area contributed by atoms with Gasteiger partial charge in [-0.15, -0.1) is 11.3 Å². The summed E-state index contributed by atoms with van der Waals surface area (Å²) in [4.78, 5) is 29.1. The quantitative estimate of drug-likeness (QED) is 0.390. The Hall–Kier alpha value is -2.99. The molecule has 0 spiro atoms. The van der Waals surface area contributed by atoms with Crippen LogP contribution in [0.25, 0.3) is 26.5 Å². The molecule has 1 aromatic heterocycles. The fourth-order valence-electron chi connectivity index (χ4n) is 3.45. The molecule has 0 amide bonds. The molecule has 5 nitrogen and oxygen atoms in total. The number of fused-ring (bicyclic) bond motifs is 1. The van der Waals surface area contributed by atoms with E-state index >= 15 is 0 Å². The van der Waals surface area contributed by atoms with E-state index in [1.54, 1.807) is 24.5 Å². The maximum absolute atomic E-state index is 12.2. The first-order valence-electron chi connectivity index (χ1n) is 9.04. The Balaban J connectivity index is 1.81. The Morgan fingerprint density at radius 3 is 2.39 bits per heavy atom. The molecular weight excluding hydrogens is 374 g/mol. The van der Waals surface area contributed by atoms with Gasteiger partial charge in [0.15, 0.2) is 11.6 Å². The number of ether oxygens (including phenoxy) is 1. The van der Waals surface area contributed by atoms with Gasteiger partial charge in [0.2, 0.25) is 0 Å². The molecule has 142 valence electrons. The van der Waals surface area contributed by atoms with Crippen LogP contribution in [0.15, 0.2) is 42.0 Å². The maximum Gasteiger partial charge on any atom is 0.170 e. The summed E-state index contributed by atoms with van der Waals surface area (Å²) in [5.74, 6) is -0.0225. The number of ketones is 2. The molecule has 0 radical (unpaired) electrons. The van der Waals surface area contributed by atoms with Crippen LogP contribution in [-0.4, -0.2) is 28.8 Å². The third-order valence-corrected chi connectivity index (χ3v) is 6.08. The van der Waals surface area contributed by atoms with Gasteiger partial charge in [0.25, 0.3) is 0 Å². The Labute approximate surface area is 166 Å². The zero-order chi connectivity index (χ0) is 19.8. The van der Waals surface area contributed by atoms with Gasteiger partial charge in [0, 0.05) is 24.0 Å². The predicted octanol–water partition coefficient (Wildman–Crippen LogP) is 4.87. The molecule has 2 aromatic carbocycles. The van der Waals surface area contributed by atoms with Gasteiger partial charge in [0.05, 0.1) is 17.3 Å². The summed E-state index contributed by atoms with van der Waals surface area (Å²) < 4.78 is 6.17. The number of thiazole rings is 1. The highest BCUT2D eigenvalue weighted by Gasteiger charge is 2.28. The zero-order valence-electron chi connectivity index (χ0n) is 15.6. The molecule has 4 rings (SSSR count). The molecule has 1 fully saturated rings. The van der Waals surface area contributed by atoms with Crippen molar-refractivity contribution in [2.45, 2.75) is 26.2 Å². The number of methoxy groups -OCH3 is 1. The molecule has 0 atom stereocenters. The minimum absolute atomic E-state index is 0.0701. The fourth-order valence-corrected chi connectivity index (χ4v) is 4.48. The van der Waals surface area contributed by atoms with E-state index < -0.39 is 0 Å².